The first-order chi connectivity index (χ1) is 9.66. The molecule has 1 aliphatic rings. The second kappa shape index (κ2) is 7.62. The second-order valence-electron chi connectivity index (χ2n) is 5.07. The molecule has 2 rings (SSSR count). The molecule has 20 heavy (non-hydrogen) atoms. The van der Waals surface area contributed by atoms with Crippen molar-refractivity contribution in [1.82, 2.24) is 10.6 Å². The smallest absolute Gasteiger partial charge is 0.246 e. The molecule has 4 nitrogen and oxygen atoms in total. The molecule has 0 radical (unpaired) electrons. The number of carbonyl (C=O) groups excluding carboxylic acids is 1. The molecule has 1 amide bonds. The summed E-state index contributed by atoms with van der Waals surface area (Å²) in [6, 6.07) is 7.41. The molecule has 1 aromatic carbocycles. The summed E-state index contributed by atoms with van der Waals surface area (Å²) in [6.45, 7) is 3.95. The van der Waals surface area contributed by atoms with E-state index in [1.54, 1.807) is 0 Å². The minimum Gasteiger partial charge on any atom is -0.368 e. The van der Waals surface area contributed by atoms with Crippen LogP contribution in [0, 0.1) is 0 Å². The van der Waals surface area contributed by atoms with Gasteiger partial charge in [-0.15, -0.1) is 0 Å². The Hall–Kier alpha value is -1.10. The van der Waals surface area contributed by atoms with Gasteiger partial charge in [-0.3, -0.25) is 4.79 Å². The number of nitrogens with one attached hydrogen (secondary N) is 2. The number of halogens is 1. The molecular formula is C15H21ClN2O2. The van der Waals surface area contributed by atoms with Gasteiger partial charge in [0.2, 0.25) is 5.91 Å². The molecule has 5 heteroatoms. The predicted molar refractivity (Wildman–Crippen MR) is 79.9 cm³/mol. The molecule has 1 aromatic rings. The molecular weight excluding hydrogens is 276 g/mol. The average Bonchev–Trinajstić information content (AvgIpc) is 2.46. The van der Waals surface area contributed by atoms with Crippen molar-refractivity contribution in [3.05, 3.63) is 34.9 Å². The minimum absolute atomic E-state index is 0.101. The van der Waals surface area contributed by atoms with Crippen molar-refractivity contribution in [2.24, 2.45) is 0 Å². The van der Waals surface area contributed by atoms with Crippen LogP contribution in [0.5, 0.6) is 0 Å². The highest BCUT2D eigenvalue weighted by Gasteiger charge is 2.16. The summed E-state index contributed by atoms with van der Waals surface area (Å²) in [7, 11) is 0. The molecule has 1 unspecified atom stereocenters. The third-order valence-electron chi connectivity index (χ3n) is 3.49. The van der Waals surface area contributed by atoms with Crippen molar-refractivity contribution in [3.8, 4) is 0 Å². The SMILES string of the molecule is CC(NC(=O)COC1CCNCC1)c1ccccc1Cl. The molecule has 2 N–H and O–H groups in total. The first kappa shape index (κ1) is 15.3. The Kier molecular flexibility index (Phi) is 5.83. The normalized spacial score (nSPS) is 17.7. The summed E-state index contributed by atoms with van der Waals surface area (Å²) in [5.41, 5.74) is 0.921. The van der Waals surface area contributed by atoms with E-state index in [-0.39, 0.29) is 24.7 Å². The van der Waals surface area contributed by atoms with Gasteiger partial charge < -0.3 is 15.4 Å². The number of rotatable bonds is 5. The first-order valence-corrected chi connectivity index (χ1v) is 7.40. The number of hydrogen-bond donors (Lipinski definition) is 2. The highest BCUT2D eigenvalue weighted by molar-refractivity contribution is 6.31. The van der Waals surface area contributed by atoms with E-state index in [1.165, 1.54) is 0 Å². The molecule has 1 saturated heterocycles. The Balaban J connectivity index is 1.77. The molecule has 0 aromatic heterocycles. The van der Waals surface area contributed by atoms with Crippen LogP contribution in [0.25, 0.3) is 0 Å². The largest absolute Gasteiger partial charge is 0.368 e. The zero-order valence-corrected chi connectivity index (χ0v) is 12.5. The van der Waals surface area contributed by atoms with Crippen LogP contribution in [-0.2, 0) is 9.53 Å². The van der Waals surface area contributed by atoms with E-state index < -0.39 is 0 Å². The summed E-state index contributed by atoms with van der Waals surface area (Å²) >= 11 is 6.11. The molecule has 1 heterocycles. The molecule has 1 atom stereocenters. The van der Waals surface area contributed by atoms with Crippen LogP contribution in [0.2, 0.25) is 5.02 Å². The van der Waals surface area contributed by atoms with Gasteiger partial charge in [0, 0.05) is 5.02 Å². The lowest BCUT2D eigenvalue weighted by Gasteiger charge is -2.23. The van der Waals surface area contributed by atoms with Crippen molar-refractivity contribution >= 4 is 17.5 Å². The molecule has 0 bridgehead atoms. The van der Waals surface area contributed by atoms with Gasteiger partial charge in [-0.2, -0.15) is 0 Å². The Morgan fingerprint density at radius 1 is 1.45 bits per heavy atom. The van der Waals surface area contributed by atoms with Crippen LogP contribution < -0.4 is 10.6 Å². The lowest BCUT2D eigenvalue weighted by atomic mass is 10.1. The van der Waals surface area contributed by atoms with Gasteiger partial charge in [-0.1, -0.05) is 29.8 Å². The van der Waals surface area contributed by atoms with Gasteiger partial charge in [-0.25, -0.2) is 0 Å². The Morgan fingerprint density at radius 3 is 2.85 bits per heavy atom. The zero-order chi connectivity index (χ0) is 14.4. The van der Waals surface area contributed by atoms with Crippen LogP contribution >= 0.6 is 11.6 Å². The lowest BCUT2D eigenvalue weighted by molar-refractivity contribution is -0.128. The van der Waals surface area contributed by atoms with Gasteiger partial charge in [0.1, 0.15) is 6.61 Å². The number of piperidine rings is 1. The average molecular weight is 297 g/mol. The van der Waals surface area contributed by atoms with Gasteiger partial charge in [0.25, 0.3) is 0 Å². The Morgan fingerprint density at radius 2 is 2.15 bits per heavy atom. The van der Waals surface area contributed by atoms with Gasteiger partial charge in [-0.05, 0) is 44.5 Å². The highest BCUT2D eigenvalue weighted by Crippen LogP contribution is 2.21. The Labute approximate surface area is 124 Å². The lowest BCUT2D eigenvalue weighted by Crippen LogP contribution is -2.36. The summed E-state index contributed by atoms with van der Waals surface area (Å²) in [5.74, 6) is -0.101. The number of amides is 1. The quantitative estimate of drug-likeness (QED) is 0.876. The first-order valence-electron chi connectivity index (χ1n) is 7.03. The van der Waals surface area contributed by atoms with E-state index in [0.717, 1.165) is 31.5 Å². The standard InChI is InChI=1S/C15H21ClN2O2/c1-11(13-4-2-3-5-14(13)16)18-15(19)10-20-12-6-8-17-9-7-12/h2-5,11-12,17H,6-10H2,1H3,(H,18,19). The summed E-state index contributed by atoms with van der Waals surface area (Å²) in [5, 5.41) is 6.85. The predicted octanol–water partition coefficient (Wildman–Crippen LogP) is 2.29. The molecule has 1 fully saturated rings. The number of benzene rings is 1. The fraction of sp³-hybridized carbons (Fsp3) is 0.533. The minimum atomic E-state index is -0.118. The van der Waals surface area contributed by atoms with Crippen LogP contribution in [-0.4, -0.2) is 31.7 Å². The zero-order valence-electron chi connectivity index (χ0n) is 11.7. The molecule has 110 valence electrons. The van der Waals surface area contributed by atoms with Gasteiger partial charge >= 0.3 is 0 Å². The van der Waals surface area contributed by atoms with E-state index in [1.807, 2.05) is 31.2 Å². The van der Waals surface area contributed by atoms with E-state index in [2.05, 4.69) is 10.6 Å². The molecule has 0 saturated carbocycles. The van der Waals surface area contributed by atoms with Crippen molar-refractivity contribution in [2.75, 3.05) is 19.7 Å². The monoisotopic (exact) mass is 296 g/mol. The van der Waals surface area contributed by atoms with Crippen molar-refractivity contribution in [1.29, 1.82) is 0 Å². The van der Waals surface area contributed by atoms with Crippen LogP contribution in [0.3, 0.4) is 0 Å². The summed E-state index contributed by atoms with van der Waals surface area (Å²) < 4.78 is 5.63. The number of carbonyl (C=O) groups is 1. The molecule has 0 aliphatic carbocycles. The van der Waals surface area contributed by atoms with E-state index in [9.17, 15) is 4.79 Å². The van der Waals surface area contributed by atoms with Crippen LogP contribution in [0.4, 0.5) is 0 Å². The second-order valence-corrected chi connectivity index (χ2v) is 5.48. The van der Waals surface area contributed by atoms with E-state index >= 15 is 0 Å². The summed E-state index contributed by atoms with van der Waals surface area (Å²) in [6.07, 6.45) is 2.12. The number of ether oxygens (including phenoxy) is 1. The van der Waals surface area contributed by atoms with Gasteiger partial charge in [0.05, 0.1) is 12.1 Å². The highest BCUT2D eigenvalue weighted by atomic mass is 35.5. The molecule has 1 aliphatic heterocycles. The van der Waals surface area contributed by atoms with Gasteiger partial charge in [0.15, 0.2) is 0 Å². The maximum absolute atomic E-state index is 11.9. The maximum atomic E-state index is 11.9. The van der Waals surface area contributed by atoms with Crippen molar-refractivity contribution in [2.45, 2.75) is 31.9 Å². The summed E-state index contributed by atoms with van der Waals surface area (Å²) in [4.78, 5) is 11.9. The van der Waals surface area contributed by atoms with Crippen LogP contribution in [0.15, 0.2) is 24.3 Å². The van der Waals surface area contributed by atoms with Crippen molar-refractivity contribution < 1.29 is 9.53 Å². The van der Waals surface area contributed by atoms with E-state index in [0.29, 0.717) is 5.02 Å². The Bertz CT molecular complexity index is 447. The number of hydrogen-bond acceptors (Lipinski definition) is 3. The van der Waals surface area contributed by atoms with Crippen LogP contribution in [0.1, 0.15) is 31.4 Å². The fourth-order valence-electron chi connectivity index (χ4n) is 2.34. The maximum Gasteiger partial charge on any atom is 0.246 e. The molecule has 0 spiro atoms. The topological polar surface area (TPSA) is 50.4 Å². The third-order valence-corrected chi connectivity index (χ3v) is 3.83. The van der Waals surface area contributed by atoms with E-state index in [4.69, 9.17) is 16.3 Å². The van der Waals surface area contributed by atoms with Crippen molar-refractivity contribution in [3.63, 3.8) is 0 Å². The fourth-order valence-corrected chi connectivity index (χ4v) is 2.64. The third kappa shape index (κ3) is 4.47.